The molecule has 2 aliphatic heterocycles. The molecule has 108 valence electrons. The minimum absolute atomic E-state index is 0.0934. The lowest BCUT2D eigenvalue weighted by molar-refractivity contribution is -0.150. The van der Waals surface area contributed by atoms with Crippen LogP contribution in [0.2, 0.25) is 0 Å². The number of likely N-dealkylation sites (tertiary alicyclic amines) is 1. The zero-order valence-electron chi connectivity index (χ0n) is 11.4. The third-order valence-electron chi connectivity index (χ3n) is 4.05. The molecule has 2 heterocycles. The van der Waals surface area contributed by atoms with Crippen molar-refractivity contribution in [2.75, 3.05) is 24.6 Å². The fraction of sp³-hybridized carbons (Fsp3) is 0.846. The highest BCUT2D eigenvalue weighted by Gasteiger charge is 2.39. The third kappa shape index (κ3) is 3.55. The van der Waals surface area contributed by atoms with Crippen LogP contribution in [0.4, 0.5) is 4.79 Å². The Labute approximate surface area is 118 Å². The van der Waals surface area contributed by atoms with E-state index in [9.17, 15) is 14.7 Å². The quantitative estimate of drug-likeness (QED) is 0.812. The van der Waals surface area contributed by atoms with Crippen molar-refractivity contribution in [1.82, 2.24) is 10.2 Å². The van der Waals surface area contributed by atoms with E-state index in [1.54, 1.807) is 11.8 Å². The topological polar surface area (TPSA) is 69.6 Å². The first kappa shape index (κ1) is 14.5. The highest BCUT2D eigenvalue weighted by molar-refractivity contribution is 7.99. The van der Waals surface area contributed by atoms with Crippen molar-refractivity contribution in [3.8, 4) is 0 Å². The molecule has 2 aliphatic rings. The summed E-state index contributed by atoms with van der Waals surface area (Å²) < 4.78 is 0. The van der Waals surface area contributed by atoms with Crippen LogP contribution in [0.3, 0.4) is 0 Å². The van der Waals surface area contributed by atoms with Crippen LogP contribution in [-0.2, 0) is 4.79 Å². The summed E-state index contributed by atoms with van der Waals surface area (Å²) in [6.45, 7) is 2.71. The molecule has 2 rings (SSSR count). The fourth-order valence-corrected chi connectivity index (χ4v) is 3.80. The number of hydrogen-bond donors (Lipinski definition) is 2. The van der Waals surface area contributed by atoms with E-state index in [4.69, 9.17) is 0 Å². The molecule has 1 atom stereocenters. The second-order valence-electron chi connectivity index (χ2n) is 5.73. The van der Waals surface area contributed by atoms with Crippen LogP contribution in [0.25, 0.3) is 0 Å². The molecule has 0 saturated carbocycles. The van der Waals surface area contributed by atoms with Crippen molar-refractivity contribution < 1.29 is 14.7 Å². The van der Waals surface area contributed by atoms with Gasteiger partial charge in [0.05, 0.1) is 5.41 Å². The number of thioether (sulfide) groups is 1. The number of amides is 2. The van der Waals surface area contributed by atoms with Crippen molar-refractivity contribution in [3.63, 3.8) is 0 Å². The van der Waals surface area contributed by atoms with Crippen molar-refractivity contribution in [1.29, 1.82) is 0 Å². The van der Waals surface area contributed by atoms with Gasteiger partial charge < -0.3 is 15.3 Å². The van der Waals surface area contributed by atoms with E-state index in [0.29, 0.717) is 19.5 Å². The molecule has 0 spiro atoms. The molecule has 2 amide bonds. The van der Waals surface area contributed by atoms with E-state index in [0.717, 1.165) is 30.8 Å². The zero-order chi connectivity index (χ0) is 13.9. The van der Waals surface area contributed by atoms with E-state index in [2.05, 4.69) is 5.32 Å². The molecule has 5 nitrogen and oxygen atoms in total. The maximum Gasteiger partial charge on any atom is 0.317 e. The summed E-state index contributed by atoms with van der Waals surface area (Å²) in [7, 11) is 0. The van der Waals surface area contributed by atoms with Gasteiger partial charge in [0, 0.05) is 19.1 Å². The van der Waals surface area contributed by atoms with Gasteiger partial charge in [-0.2, -0.15) is 11.8 Å². The van der Waals surface area contributed by atoms with Gasteiger partial charge >= 0.3 is 12.0 Å². The first-order valence-corrected chi connectivity index (χ1v) is 8.03. The van der Waals surface area contributed by atoms with Crippen LogP contribution >= 0.6 is 11.8 Å². The van der Waals surface area contributed by atoms with Crippen LogP contribution < -0.4 is 5.32 Å². The SMILES string of the molecule is CC1(C(=O)O)CCCN(C(=O)NC2CCSCC2)C1. The molecule has 0 aromatic rings. The van der Waals surface area contributed by atoms with Gasteiger partial charge in [-0.05, 0) is 44.1 Å². The lowest BCUT2D eigenvalue weighted by Gasteiger charge is -2.38. The number of carboxylic acid groups (broad SMARTS) is 1. The maximum atomic E-state index is 12.2. The average molecular weight is 286 g/mol. The number of nitrogens with zero attached hydrogens (tertiary/aromatic N) is 1. The second-order valence-corrected chi connectivity index (χ2v) is 6.95. The molecule has 0 radical (unpaired) electrons. The molecule has 0 aromatic heterocycles. The Hall–Kier alpha value is -0.910. The maximum absolute atomic E-state index is 12.2. The smallest absolute Gasteiger partial charge is 0.317 e. The fourth-order valence-electron chi connectivity index (χ4n) is 2.70. The molecule has 1 unspecified atom stereocenters. The van der Waals surface area contributed by atoms with Gasteiger partial charge in [-0.25, -0.2) is 4.79 Å². The van der Waals surface area contributed by atoms with Crippen LogP contribution in [0.15, 0.2) is 0 Å². The Morgan fingerprint density at radius 3 is 2.68 bits per heavy atom. The normalized spacial score (nSPS) is 29.0. The van der Waals surface area contributed by atoms with Crippen molar-refractivity contribution in [3.05, 3.63) is 0 Å². The molecule has 2 fully saturated rings. The summed E-state index contributed by atoms with van der Waals surface area (Å²) in [5.41, 5.74) is -0.794. The van der Waals surface area contributed by atoms with Gasteiger partial charge in [0.1, 0.15) is 0 Å². The standard InChI is InChI=1S/C13H22N2O3S/c1-13(11(16)17)5-2-6-15(9-13)12(18)14-10-3-7-19-8-4-10/h10H,2-9H2,1H3,(H,14,18)(H,16,17). The molecular weight excluding hydrogens is 264 g/mol. The second kappa shape index (κ2) is 6.03. The average Bonchev–Trinajstić information content (AvgIpc) is 2.40. The van der Waals surface area contributed by atoms with E-state index >= 15 is 0 Å². The molecule has 0 bridgehead atoms. The highest BCUT2D eigenvalue weighted by Crippen LogP contribution is 2.29. The van der Waals surface area contributed by atoms with E-state index in [1.165, 1.54) is 0 Å². The number of carboxylic acids is 1. The molecule has 0 aliphatic carbocycles. The number of carbonyl (C=O) groups excluding carboxylic acids is 1. The molecule has 2 saturated heterocycles. The number of nitrogens with one attached hydrogen (secondary N) is 1. The van der Waals surface area contributed by atoms with Gasteiger partial charge in [-0.3, -0.25) is 4.79 Å². The number of carbonyl (C=O) groups is 2. The number of aliphatic carboxylic acids is 1. The van der Waals surface area contributed by atoms with Crippen molar-refractivity contribution in [2.45, 2.75) is 38.6 Å². The number of rotatable bonds is 2. The molecule has 0 aromatic carbocycles. The number of urea groups is 1. The van der Waals surface area contributed by atoms with E-state index < -0.39 is 11.4 Å². The van der Waals surface area contributed by atoms with E-state index in [-0.39, 0.29) is 12.1 Å². The zero-order valence-corrected chi connectivity index (χ0v) is 12.2. The summed E-state index contributed by atoms with van der Waals surface area (Å²) >= 11 is 1.92. The minimum Gasteiger partial charge on any atom is -0.481 e. The van der Waals surface area contributed by atoms with Crippen LogP contribution in [-0.4, -0.2) is 52.6 Å². The Bertz CT molecular complexity index is 358. The summed E-state index contributed by atoms with van der Waals surface area (Å²) in [4.78, 5) is 25.1. The Morgan fingerprint density at radius 2 is 2.05 bits per heavy atom. The molecule has 2 N–H and O–H groups in total. The number of hydrogen-bond acceptors (Lipinski definition) is 3. The summed E-state index contributed by atoms with van der Waals surface area (Å²) in [5.74, 6) is 1.38. The lowest BCUT2D eigenvalue weighted by atomic mass is 9.82. The molecular formula is C13H22N2O3S. The van der Waals surface area contributed by atoms with Crippen molar-refractivity contribution in [2.24, 2.45) is 5.41 Å². The molecule has 19 heavy (non-hydrogen) atoms. The summed E-state index contributed by atoms with van der Waals surface area (Å²) in [6.07, 6.45) is 3.43. The first-order valence-electron chi connectivity index (χ1n) is 6.88. The molecule has 6 heteroatoms. The van der Waals surface area contributed by atoms with Gasteiger partial charge in [-0.15, -0.1) is 0 Å². The van der Waals surface area contributed by atoms with Crippen LogP contribution in [0.1, 0.15) is 32.6 Å². The Kier molecular flexibility index (Phi) is 4.60. The van der Waals surface area contributed by atoms with Gasteiger partial charge in [0.15, 0.2) is 0 Å². The number of piperidine rings is 1. The third-order valence-corrected chi connectivity index (χ3v) is 5.10. The van der Waals surface area contributed by atoms with Crippen LogP contribution in [0.5, 0.6) is 0 Å². The van der Waals surface area contributed by atoms with E-state index in [1.807, 2.05) is 11.8 Å². The first-order chi connectivity index (χ1) is 9.01. The summed E-state index contributed by atoms with van der Waals surface area (Å²) in [5, 5.41) is 12.3. The Morgan fingerprint density at radius 1 is 1.37 bits per heavy atom. The van der Waals surface area contributed by atoms with Gasteiger partial charge in [-0.1, -0.05) is 0 Å². The minimum atomic E-state index is -0.806. The highest BCUT2D eigenvalue weighted by atomic mass is 32.2. The predicted molar refractivity (Wildman–Crippen MR) is 75.4 cm³/mol. The van der Waals surface area contributed by atoms with Gasteiger partial charge in [0.25, 0.3) is 0 Å². The summed E-state index contributed by atoms with van der Waals surface area (Å²) in [6, 6.07) is 0.163. The predicted octanol–water partition coefficient (Wildman–Crippen LogP) is 1.78. The van der Waals surface area contributed by atoms with Crippen molar-refractivity contribution >= 4 is 23.8 Å². The lowest BCUT2D eigenvalue weighted by Crippen LogP contribution is -2.53. The monoisotopic (exact) mass is 286 g/mol. The largest absolute Gasteiger partial charge is 0.481 e. The van der Waals surface area contributed by atoms with Gasteiger partial charge in [0.2, 0.25) is 0 Å². The Balaban J connectivity index is 1.89. The van der Waals surface area contributed by atoms with Crippen LogP contribution in [0, 0.1) is 5.41 Å².